The monoisotopic (exact) mass is 360 g/mol. The second-order valence-electron chi connectivity index (χ2n) is 8.33. The van der Waals surface area contributed by atoms with Crippen molar-refractivity contribution in [3.8, 4) is 0 Å². The first-order chi connectivity index (χ1) is 12.2. The summed E-state index contributed by atoms with van der Waals surface area (Å²) in [4.78, 5) is 48.2. The number of hydrogen-bond acceptors (Lipinski definition) is 4. The molecule has 1 unspecified atom stereocenters. The normalized spacial score (nSPS) is 20.7. The van der Waals surface area contributed by atoms with E-state index in [2.05, 4.69) is 4.98 Å². The quantitative estimate of drug-likeness (QED) is 0.827. The van der Waals surface area contributed by atoms with Crippen LogP contribution in [0.25, 0.3) is 0 Å². The van der Waals surface area contributed by atoms with E-state index in [0.29, 0.717) is 37.4 Å². The maximum Gasteiger partial charge on any atom is 0.256 e. The number of aromatic nitrogens is 2. The van der Waals surface area contributed by atoms with Crippen LogP contribution in [0, 0.1) is 5.41 Å². The molecule has 2 aliphatic rings. The molecule has 1 fully saturated rings. The molecule has 1 atom stereocenters. The van der Waals surface area contributed by atoms with Crippen molar-refractivity contribution in [2.24, 2.45) is 5.41 Å². The molecule has 0 aliphatic carbocycles. The molecule has 1 aromatic rings. The first kappa shape index (κ1) is 18.6. The Morgan fingerprint density at radius 2 is 1.92 bits per heavy atom. The summed E-state index contributed by atoms with van der Waals surface area (Å²) in [5.74, 6) is 0.640. The molecule has 26 heavy (non-hydrogen) atoms. The van der Waals surface area contributed by atoms with E-state index in [4.69, 9.17) is 4.98 Å². The molecule has 0 bridgehead atoms. The second kappa shape index (κ2) is 6.85. The van der Waals surface area contributed by atoms with Crippen LogP contribution in [0.3, 0.4) is 0 Å². The largest absolute Gasteiger partial charge is 0.338 e. The van der Waals surface area contributed by atoms with Crippen molar-refractivity contribution in [3.05, 3.63) is 27.4 Å². The highest BCUT2D eigenvalue weighted by molar-refractivity contribution is 5.82. The average Bonchev–Trinajstić information content (AvgIpc) is 2.59. The van der Waals surface area contributed by atoms with Gasteiger partial charge in [-0.05, 0) is 19.3 Å². The van der Waals surface area contributed by atoms with Crippen LogP contribution in [0.15, 0.2) is 4.79 Å². The maximum absolute atomic E-state index is 12.9. The van der Waals surface area contributed by atoms with Crippen LogP contribution in [-0.4, -0.2) is 44.7 Å². The minimum atomic E-state index is -0.466. The predicted molar refractivity (Wildman–Crippen MR) is 97.4 cm³/mol. The third-order valence-electron chi connectivity index (χ3n) is 5.25. The number of aromatic amines is 1. The van der Waals surface area contributed by atoms with Gasteiger partial charge in [0.2, 0.25) is 11.8 Å². The summed E-state index contributed by atoms with van der Waals surface area (Å²) in [5.41, 5.74) is 0.672. The van der Waals surface area contributed by atoms with Gasteiger partial charge in [-0.3, -0.25) is 14.4 Å². The molecule has 2 aliphatic heterocycles. The first-order valence-corrected chi connectivity index (χ1v) is 9.37. The van der Waals surface area contributed by atoms with Gasteiger partial charge in [0.15, 0.2) is 0 Å². The van der Waals surface area contributed by atoms with E-state index in [9.17, 15) is 14.4 Å². The van der Waals surface area contributed by atoms with E-state index >= 15 is 0 Å². The maximum atomic E-state index is 12.9. The van der Waals surface area contributed by atoms with Crippen molar-refractivity contribution >= 4 is 11.8 Å². The molecule has 1 saturated heterocycles. The van der Waals surface area contributed by atoms with Crippen LogP contribution >= 0.6 is 0 Å². The summed E-state index contributed by atoms with van der Waals surface area (Å²) in [6.07, 6.45) is 3.37. The van der Waals surface area contributed by atoms with Crippen molar-refractivity contribution in [3.63, 3.8) is 0 Å². The van der Waals surface area contributed by atoms with Crippen LogP contribution in [0.2, 0.25) is 0 Å². The van der Waals surface area contributed by atoms with Crippen LogP contribution in [-0.2, 0) is 22.6 Å². The molecule has 0 saturated carbocycles. The van der Waals surface area contributed by atoms with E-state index in [1.807, 2.05) is 25.7 Å². The van der Waals surface area contributed by atoms with Gasteiger partial charge in [0.05, 0.1) is 23.8 Å². The van der Waals surface area contributed by atoms with Gasteiger partial charge in [0, 0.05) is 31.8 Å². The van der Waals surface area contributed by atoms with E-state index < -0.39 is 5.41 Å². The third-order valence-corrected chi connectivity index (χ3v) is 5.25. The number of amides is 2. The summed E-state index contributed by atoms with van der Waals surface area (Å²) >= 11 is 0. The fraction of sp³-hybridized carbons (Fsp3) is 0.684. The first-order valence-electron chi connectivity index (χ1n) is 9.37. The fourth-order valence-electron chi connectivity index (χ4n) is 3.76. The highest BCUT2D eigenvalue weighted by Crippen LogP contribution is 2.33. The molecule has 2 amide bonds. The molecule has 1 N–H and O–H groups in total. The van der Waals surface area contributed by atoms with Gasteiger partial charge in [-0.15, -0.1) is 0 Å². The Kier molecular flexibility index (Phi) is 4.90. The molecule has 142 valence electrons. The lowest BCUT2D eigenvalue weighted by Gasteiger charge is -2.39. The van der Waals surface area contributed by atoms with Crippen LogP contribution in [0.1, 0.15) is 70.1 Å². The zero-order valence-electron chi connectivity index (χ0n) is 16.1. The molecular weight excluding hydrogens is 332 g/mol. The lowest BCUT2D eigenvalue weighted by Crippen LogP contribution is -2.46. The molecule has 7 nitrogen and oxygen atoms in total. The number of hydrogen-bond donors (Lipinski definition) is 1. The van der Waals surface area contributed by atoms with Gasteiger partial charge in [-0.1, -0.05) is 20.8 Å². The van der Waals surface area contributed by atoms with Gasteiger partial charge in [-0.2, -0.15) is 0 Å². The number of rotatable bonds is 1. The summed E-state index contributed by atoms with van der Waals surface area (Å²) in [7, 11) is 0. The molecule has 7 heteroatoms. The third kappa shape index (κ3) is 3.52. The van der Waals surface area contributed by atoms with Crippen molar-refractivity contribution in [1.29, 1.82) is 0 Å². The fourth-order valence-corrected chi connectivity index (χ4v) is 3.76. The van der Waals surface area contributed by atoms with Gasteiger partial charge in [-0.25, -0.2) is 4.98 Å². The zero-order valence-corrected chi connectivity index (χ0v) is 16.1. The topological polar surface area (TPSA) is 86.4 Å². The van der Waals surface area contributed by atoms with Gasteiger partial charge >= 0.3 is 0 Å². The minimum absolute atomic E-state index is 0.0339. The number of carbonyl (C=O) groups is 2. The van der Waals surface area contributed by atoms with E-state index in [0.717, 1.165) is 25.0 Å². The number of nitrogens with zero attached hydrogens (tertiary/aromatic N) is 3. The highest BCUT2D eigenvalue weighted by atomic mass is 16.2. The van der Waals surface area contributed by atoms with Gasteiger partial charge < -0.3 is 14.8 Å². The number of carbonyl (C=O) groups excluding carboxylic acids is 2. The molecule has 0 radical (unpaired) electrons. The van der Waals surface area contributed by atoms with Gasteiger partial charge in [0.1, 0.15) is 5.82 Å². The Balaban J connectivity index is 1.94. The van der Waals surface area contributed by atoms with Crippen molar-refractivity contribution < 1.29 is 9.59 Å². The number of H-pyrrole nitrogens is 1. The van der Waals surface area contributed by atoms with E-state index in [-0.39, 0.29) is 23.4 Å². The lowest BCUT2D eigenvalue weighted by molar-refractivity contribution is -0.143. The molecule has 1 aromatic heterocycles. The lowest BCUT2D eigenvalue weighted by atomic mass is 9.91. The SMILES string of the molecule is CC(=O)N1CCc2nc(C3CCCCN3C(=O)C(C)(C)C)[nH]c(=O)c2C1. The number of piperidine rings is 1. The van der Waals surface area contributed by atoms with Gasteiger partial charge in [0.25, 0.3) is 5.56 Å². The highest BCUT2D eigenvalue weighted by Gasteiger charge is 2.36. The number of fused-ring (bicyclic) bond motifs is 1. The summed E-state index contributed by atoms with van der Waals surface area (Å²) < 4.78 is 0. The Hall–Kier alpha value is -2.18. The summed E-state index contributed by atoms with van der Waals surface area (Å²) in [6, 6.07) is -0.181. The average molecular weight is 360 g/mol. The standard InChI is InChI=1S/C19H28N4O3/c1-12(24)22-10-8-14-13(11-22)17(25)21-16(20-14)15-7-5-6-9-23(15)18(26)19(2,3)4/h15H,5-11H2,1-4H3,(H,20,21,25). The molecule has 3 rings (SSSR count). The Bertz CT molecular complexity index is 778. The Labute approximate surface area is 153 Å². The smallest absolute Gasteiger partial charge is 0.256 e. The number of nitrogens with one attached hydrogen (secondary N) is 1. The molecule has 0 aromatic carbocycles. The predicted octanol–water partition coefficient (Wildman–Crippen LogP) is 1.77. The van der Waals surface area contributed by atoms with Crippen molar-refractivity contribution in [1.82, 2.24) is 19.8 Å². The Morgan fingerprint density at radius 3 is 2.58 bits per heavy atom. The van der Waals surface area contributed by atoms with Crippen LogP contribution in [0.5, 0.6) is 0 Å². The van der Waals surface area contributed by atoms with Crippen LogP contribution < -0.4 is 5.56 Å². The molecule has 3 heterocycles. The summed E-state index contributed by atoms with van der Waals surface area (Å²) in [6.45, 7) is 8.84. The minimum Gasteiger partial charge on any atom is -0.338 e. The summed E-state index contributed by atoms with van der Waals surface area (Å²) in [5, 5.41) is 0. The number of likely N-dealkylation sites (tertiary alicyclic amines) is 1. The van der Waals surface area contributed by atoms with E-state index in [1.165, 1.54) is 6.92 Å². The van der Waals surface area contributed by atoms with Crippen LogP contribution in [0.4, 0.5) is 0 Å². The molecule has 0 spiro atoms. The van der Waals surface area contributed by atoms with Crippen molar-refractivity contribution in [2.75, 3.05) is 13.1 Å². The van der Waals surface area contributed by atoms with E-state index in [1.54, 1.807) is 4.90 Å². The molecular formula is C19H28N4O3. The Morgan fingerprint density at radius 1 is 1.19 bits per heavy atom. The second-order valence-corrected chi connectivity index (χ2v) is 8.33. The zero-order chi connectivity index (χ0) is 19.1. The van der Waals surface area contributed by atoms with Crippen molar-refractivity contribution in [2.45, 2.75) is 66.0 Å².